The molecule has 3 heterocycles. The summed E-state index contributed by atoms with van der Waals surface area (Å²) in [5, 5.41) is 11.5. The third kappa shape index (κ3) is 3.01. The van der Waals surface area contributed by atoms with Crippen molar-refractivity contribution in [3.05, 3.63) is 59.0 Å². The molecule has 0 radical (unpaired) electrons. The molecule has 1 fully saturated rings. The molecule has 1 saturated heterocycles. The number of nitrogens with zero attached hydrogens (tertiary/aromatic N) is 4. The van der Waals surface area contributed by atoms with E-state index in [2.05, 4.69) is 15.5 Å². The van der Waals surface area contributed by atoms with E-state index >= 15 is 0 Å². The minimum Gasteiger partial charge on any atom is -0.345 e. The average molecular weight is 370 g/mol. The summed E-state index contributed by atoms with van der Waals surface area (Å²) in [7, 11) is 0. The van der Waals surface area contributed by atoms with Crippen molar-refractivity contribution in [3.8, 4) is 0 Å². The molecule has 1 aliphatic rings. The lowest BCUT2D eigenvalue weighted by Gasteiger charge is -2.19. The van der Waals surface area contributed by atoms with E-state index in [1.54, 1.807) is 23.1 Å². The number of hydrogen-bond acceptors (Lipinski definition) is 4. The topological polar surface area (TPSA) is 79.6 Å². The maximum atomic E-state index is 12.7. The maximum absolute atomic E-state index is 12.7. The van der Waals surface area contributed by atoms with E-state index in [1.165, 1.54) is 0 Å². The largest absolute Gasteiger partial charge is 0.345 e. The Hall–Kier alpha value is -2.93. The van der Waals surface area contributed by atoms with Crippen LogP contribution in [0, 0.1) is 0 Å². The van der Waals surface area contributed by atoms with Gasteiger partial charge < -0.3 is 10.2 Å². The van der Waals surface area contributed by atoms with Crippen LogP contribution in [-0.2, 0) is 11.3 Å². The van der Waals surface area contributed by atoms with Crippen LogP contribution in [0.15, 0.2) is 42.6 Å². The number of anilines is 1. The molecule has 0 aliphatic carbocycles. The molecule has 1 N–H and O–H groups in total. The Kier molecular flexibility index (Phi) is 4.30. The number of aromatic nitrogens is 3. The van der Waals surface area contributed by atoms with Crippen LogP contribution >= 0.6 is 11.6 Å². The molecule has 132 valence electrons. The van der Waals surface area contributed by atoms with E-state index in [-0.39, 0.29) is 18.4 Å². The molecule has 0 unspecified atom stereocenters. The van der Waals surface area contributed by atoms with Gasteiger partial charge in [-0.2, -0.15) is 0 Å². The molecule has 26 heavy (non-hydrogen) atoms. The first-order chi connectivity index (χ1) is 12.6. The maximum Gasteiger partial charge on any atom is 0.253 e. The smallest absolute Gasteiger partial charge is 0.253 e. The molecule has 8 heteroatoms. The molecule has 0 bridgehead atoms. The van der Waals surface area contributed by atoms with Crippen molar-refractivity contribution in [2.75, 3.05) is 11.4 Å². The van der Waals surface area contributed by atoms with E-state index in [9.17, 15) is 9.59 Å². The first-order valence-corrected chi connectivity index (χ1v) is 8.68. The molecule has 1 aromatic carbocycles. The Morgan fingerprint density at radius 3 is 2.92 bits per heavy atom. The predicted molar refractivity (Wildman–Crippen MR) is 97.2 cm³/mol. The molecule has 0 saturated carbocycles. The molecule has 0 spiro atoms. The summed E-state index contributed by atoms with van der Waals surface area (Å²) in [5.74, 6) is 0.343. The molecule has 2 amide bonds. The summed E-state index contributed by atoms with van der Waals surface area (Å²) in [6.45, 7) is 0.814. The van der Waals surface area contributed by atoms with Gasteiger partial charge in [-0.05, 0) is 36.8 Å². The van der Waals surface area contributed by atoms with E-state index in [1.807, 2.05) is 28.8 Å². The molecule has 3 aromatic rings. The highest BCUT2D eigenvalue weighted by atomic mass is 35.5. The summed E-state index contributed by atoms with van der Waals surface area (Å²) in [6.07, 6.45) is 3.10. The third-order valence-corrected chi connectivity index (χ3v) is 4.60. The second kappa shape index (κ2) is 6.76. The van der Waals surface area contributed by atoms with Crippen LogP contribution in [-0.4, -0.2) is 33.0 Å². The number of amides is 2. The summed E-state index contributed by atoms with van der Waals surface area (Å²) in [5.41, 5.74) is 1.67. The molecule has 0 atom stereocenters. The lowest BCUT2D eigenvalue weighted by molar-refractivity contribution is -0.117. The zero-order valence-corrected chi connectivity index (χ0v) is 14.6. The quantitative estimate of drug-likeness (QED) is 0.766. The van der Waals surface area contributed by atoms with Crippen molar-refractivity contribution >= 4 is 34.7 Å². The predicted octanol–water partition coefficient (Wildman–Crippen LogP) is 2.44. The van der Waals surface area contributed by atoms with Crippen LogP contribution in [0.25, 0.3) is 5.65 Å². The number of benzene rings is 1. The molecule has 2 aromatic heterocycles. The minimum atomic E-state index is -0.288. The fraction of sp³-hybridized carbons (Fsp3) is 0.222. The number of fused-ring (bicyclic) bond motifs is 1. The van der Waals surface area contributed by atoms with Gasteiger partial charge in [0.1, 0.15) is 0 Å². The lowest BCUT2D eigenvalue weighted by atomic mass is 10.1. The number of carbonyl (C=O) groups excluding carboxylic acids is 2. The standard InChI is InChI=1S/C18H16ClN5O2/c19-12-6-7-13(14(10-12)23-9-3-5-17(23)25)18(26)20-11-16-22-21-15-4-1-2-8-24(15)16/h1-2,4,6-8,10H,3,5,9,11H2,(H,20,26). The Balaban J connectivity index is 1.57. The first-order valence-electron chi connectivity index (χ1n) is 8.30. The number of carbonyl (C=O) groups is 2. The van der Waals surface area contributed by atoms with Gasteiger partial charge in [0.25, 0.3) is 5.91 Å². The molecule has 7 nitrogen and oxygen atoms in total. The number of rotatable bonds is 4. The normalized spacial score (nSPS) is 14.2. The van der Waals surface area contributed by atoms with Gasteiger partial charge in [0.2, 0.25) is 5.91 Å². The van der Waals surface area contributed by atoms with E-state index in [0.717, 1.165) is 6.42 Å². The molecular formula is C18H16ClN5O2. The summed E-state index contributed by atoms with van der Waals surface area (Å²) >= 11 is 6.08. The zero-order valence-electron chi connectivity index (χ0n) is 13.9. The van der Waals surface area contributed by atoms with Crippen LogP contribution in [0.1, 0.15) is 29.0 Å². The molecule has 1 aliphatic heterocycles. The highest BCUT2D eigenvalue weighted by molar-refractivity contribution is 6.31. The van der Waals surface area contributed by atoms with Gasteiger partial charge in [0.05, 0.1) is 17.8 Å². The average Bonchev–Trinajstić information content (AvgIpc) is 3.25. The Morgan fingerprint density at radius 1 is 1.23 bits per heavy atom. The third-order valence-electron chi connectivity index (χ3n) is 4.36. The van der Waals surface area contributed by atoms with Gasteiger partial charge in [-0.15, -0.1) is 10.2 Å². The van der Waals surface area contributed by atoms with Gasteiger partial charge in [-0.1, -0.05) is 17.7 Å². The first kappa shape index (κ1) is 16.5. The number of hydrogen-bond donors (Lipinski definition) is 1. The lowest BCUT2D eigenvalue weighted by Crippen LogP contribution is -2.30. The zero-order chi connectivity index (χ0) is 18.1. The van der Waals surface area contributed by atoms with Crippen molar-refractivity contribution < 1.29 is 9.59 Å². The van der Waals surface area contributed by atoms with Crippen LogP contribution in [0.3, 0.4) is 0 Å². The van der Waals surface area contributed by atoms with Crippen molar-refractivity contribution in [2.24, 2.45) is 0 Å². The van der Waals surface area contributed by atoms with E-state index in [4.69, 9.17) is 11.6 Å². The number of pyridine rings is 1. The molecular weight excluding hydrogens is 354 g/mol. The van der Waals surface area contributed by atoms with Crippen LogP contribution in [0.4, 0.5) is 5.69 Å². The van der Waals surface area contributed by atoms with Gasteiger partial charge in [-0.25, -0.2) is 0 Å². The van der Waals surface area contributed by atoms with E-state index in [0.29, 0.717) is 40.7 Å². The van der Waals surface area contributed by atoms with Crippen molar-refractivity contribution in [2.45, 2.75) is 19.4 Å². The highest BCUT2D eigenvalue weighted by Crippen LogP contribution is 2.28. The van der Waals surface area contributed by atoms with Crippen molar-refractivity contribution in [1.82, 2.24) is 19.9 Å². The van der Waals surface area contributed by atoms with Crippen LogP contribution in [0.2, 0.25) is 5.02 Å². The fourth-order valence-electron chi connectivity index (χ4n) is 3.09. The molecule has 4 rings (SSSR count). The summed E-state index contributed by atoms with van der Waals surface area (Å²) in [4.78, 5) is 26.4. The Bertz CT molecular complexity index is 1000. The van der Waals surface area contributed by atoms with Gasteiger partial charge in [0.15, 0.2) is 11.5 Å². The van der Waals surface area contributed by atoms with Gasteiger partial charge in [0, 0.05) is 24.2 Å². The van der Waals surface area contributed by atoms with Crippen molar-refractivity contribution in [1.29, 1.82) is 0 Å². The number of nitrogens with one attached hydrogen (secondary N) is 1. The number of halogens is 1. The summed E-state index contributed by atoms with van der Waals surface area (Å²) < 4.78 is 1.81. The fourth-order valence-corrected chi connectivity index (χ4v) is 3.26. The van der Waals surface area contributed by atoms with Gasteiger partial charge in [-0.3, -0.25) is 14.0 Å². The van der Waals surface area contributed by atoms with E-state index < -0.39 is 0 Å². The Labute approximate surface area is 154 Å². The van der Waals surface area contributed by atoms with Crippen molar-refractivity contribution in [3.63, 3.8) is 0 Å². The SMILES string of the molecule is O=C(NCc1nnc2ccccn12)c1ccc(Cl)cc1N1CCCC1=O. The monoisotopic (exact) mass is 369 g/mol. The van der Waals surface area contributed by atoms with Crippen LogP contribution in [0.5, 0.6) is 0 Å². The second-order valence-corrected chi connectivity index (χ2v) is 6.47. The Morgan fingerprint density at radius 2 is 2.12 bits per heavy atom. The second-order valence-electron chi connectivity index (χ2n) is 6.04. The van der Waals surface area contributed by atoms with Crippen LogP contribution < -0.4 is 10.2 Å². The summed E-state index contributed by atoms with van der Waals surface area (Å²) in [6, 6.07) is 10.5. The van der Waals surface area contributed by atoms with Gasteiger partial charge >= 0.3 is 0 Å². The highest BCUT2D eigenvalue weighted by Gasteiger charge is 2.26. The minimum absolute atomic E-state index is 0.00441.